The first kappa shape index (κ1) is 12.0. The molecule has 19 heavy (non-hydrogen) atoms. The van der Waals surface area contributed by atoms with Gasteiger partial charge in [0.1, 0.15) is 4.90 Å². The second-order valence-electron chi connectivity index (χ2n) is 4.45. The van der Waals surface area contributed by atoms with Crippen LogP contribution in [0.3, 0.4) is 0 Å². The predicted molar refractivity (Wildman–Crippen MR) is 74.0 cm³/mol. The van der Waals surface area contributed by atoms with Crippen molar-refractivity contribution >= 4 is 15.4 Å². The van der Waals surface area contributed by atoms with E-state index in [2.05, 4.69) is 0 Å². The van der Waals surface area contributed by atoms with Gasteiger partial charge >= 0.3 is 0 Å². The molecule has 0 N–H and O–H groups in total. The highest BCUT2D eigenvalue weighted by Gasteiger charge is 2.23. The zero-order valence-corrected chi connectivity index (χ0v) is 11.3. The van der Waals surface area contributed by atoms with E-state index < -0.39 is 9.84 Å². The molecule has 1 aromatic carbocycles. The van der Waals surface area contributed by atoms with Crippen LogP contribution in [0.5, 0.6) is 0 Å². The summed E-state index contributed by atoms with van der Waals surface area (Å²) in [7, 11) is -3.47. The standard InChI is InChI=1S/C15H13NO2S/c1-12-11-16-10-6-5-9-14(16)15(12)19(17,18)13-7-3-2-4-8-13/h2-11H,1H3. The number of nitrogens with zero attached hydrogens (tertiary/aromatic N) is 1. The van der Waals surface area contributed by atoms with Gasteiger partial charge in [0.25, 0.3) is 0 Å². The van der Waals surface area contributed by atoms with Crippen LogP contribution in [0.2, 0.25) is 0 Å². The van der Waals surface area contributed by atoms with Gasteiger partial charge in [-0.1, -0.05) is 24.3 Å². The summed E-state index contributed by atoms with van der Waals surface area (Å²) in [4.78, 5) is 0.717. The van der Waals surface area contributed by atoms with Crippen LogP contribution in [0.1, 0.15) is 5.56 Å². The molecule has 4 heteroatoms. The molecular weight excluding hydrogens is 258 g/mol. The molecule has 0 saturated heterocycles. The first-order chi connectivity index (χ1) is 9.10. The Bertz CT molecular complexity index is 833. The smallest absolute Gasteiger partial charge is 0.208 e. The highest BCUT2D eigenvalue weighted by molar-refractivity contribution is 7.91. The molecule has 0 aliphatic heterocycles. The quantitative estimate of drug-likeness (QED) is 0.718. The van der Waals surface area contributed by atoms with Crippen LogP contribution in [0, 0.1) is 6.92 Å². The fraction of sp³-hybridized carbons (Fsp3) is 0.0667. The number of hydrogen-bond donors (Lipinski definition) is 0. The maximum atomic E-state index is 12.7. The molecule has 96 valence electrons. The Balaban J connectivity index is 2.34. The van der Waals surface area contributed by atoms with Crippen LogP contribution in [0.4, 0.5) is 0 Å². The van der Waals surface area contributed by atoms with E-state index >= 15 is 0 Å². The molecule has 0 saturated carbocycles. The number of rotatable bonds is 2. The van der Waals surface area contributed by atoms with Crippen molar-refractivity contribution < 1.29 is 8.42 Å². The largest absolute Gasteiger partial charge is 0.322 e. The molecule has 3 nitrogen and oxygen atoms in total. The average molecular weight is 271 g/mol. The van der Waals surface area contributed by atoms with Crippen LogP contribution in [0.15, 0.2) is 70.7 Å². The van der Waals surface area contributed by atoms with Crippen molar-refractivity contribution in [3.05, 3.63) is 66.5 Å². The van der Waals surface area contributed by atoms with E-state index in [1.54, 1.807) is 24.3 Å². The second kappa shape index (κ2) is 4.24. The lowest BCUT2D eigenvalue weighted by atomic mass is 10.3. The zero-order chi connectivity index (χ0) is 13.5. The molecule has 0 bridgehead atoms. The van der Waals surface area contributed by atoms with E-state index in [0.717, 1.165) is 5.56 Å². The van der Waals surface area contributed by atoms with Crippen LogP contribution in [0.25, 0.3) is 5.52 Å². The molecule has 0 amide bonds. The van der Waals surface area contributed by atoms with E-state index in [1.807, 2.05) is 48.0 Å². The number of sulfone groups is 1. The third kappa shape index (κ3) is 1.85. The Morgan fingerprint density at radius 3 is 2.37 bits per heavy atom. The lowest BCUT2D eigenvalue weighted by molar-refractivity contribution is 0.596. The van der Waals surface area contributed by atoms with Crippen LogP contribution >= 0.6 is 0 Å². The summed E-state index contributed by atoms with van der Waals surface area (Å²) < 4.78 is 27.3. The summed E-state index contributed by atoms with van der Waals surface area (Å²) in [6, 6.07) is 14.1. The van der Waals surface area contributed by atoms with E-state index in [4.69, 9.17) is 0 Å². The minimum absolute atomic E-state index is 0.329. The molecular formula is C15H13NO2S. The van der Waals surface area contributed by atoms with Crippen LogP contribution in [-0.2, 0) is 9.84 Å². The summed E-state index contributed by atoms with van der Waals surface area (Å²) in [5.74, 6) is 0. The SMILES string of the molecule is Cc1cn2ccccc2c1S(=O)(=O)c1ccccc1. The highest BCUT2D eigenvalue weighted by atomic mass is 32.2. The molecule has 0 aliphatic rings. The van der Waals surface area contributed by atoms with Gasteiger partial charge in [-0.15, -0.1) is 0 Å². The van der Waals surface area contributed by atoms with Crippen molar-refractivity contribution in [2.24, 2.45) is 0 Å². The second-order valence-corrected chi connectivity index (χ2v) is 6.34. The Morgan fingerprint density at radius 2 is 1.63 bits per heavy atom. The summed E-state index contributed by atoms with van der Waals surface area (Å²) in [5, 5.41) is 0. The van der Waals surface area contributed by atoms with Gasteiger partial charge in [0.2, 0.25) is 9.84 Å². The summed E-state index contributed by atoms with van der Waals surface area (Å²) in [5.41, 5.74) is 1.47. The molecule has 3 aromatic rings. The van der Waals surface area contributed by atoms with Gasteiger partial charge in [-0.05, 0) is 36.8 Å². The summed E-state index contributed by atoms with van der Waals surface area (Å²) >= 11 is 0. The molecule has 0 atom stereocenters. The van der Waals surface area contributed by atoms with E-state index in [-0.39, 0.29) is 0 Å². The fourth-order valence-corrected chi connectivity index (χ4v) is 3.97. The average Bonchev–Trinajstić information content (AvgIpc) is 2.76. The van der Waals surface area contributed by atoms with Crippen molar-refractivity contribution in [2.75, 3.05) is 0 Å². The molecule has 0 radical (unpaired) electrons. The fourth-order valence-electron chi connectivity index (χ4n) is 2.30. The topological polar surface area (TPSA) is 38.5 Å². The van der Waals surface area contributed by atoms with Gasteiger partial charge in [0.05, 0.1) is 10.4 Å². The monoisotopic (exact) mass is 271 g/mol. The minimum Gasteiger partial charge on any atom is -0.322 e. The Morgan fingerprint density at radius 1 is 0.947 bits per heavy atom. The van der Waals surface area contributed by atoms with Gasteiger partial charge in [0.15, 0.2) is 0 Å². The zero-order valence-electron chi connectivity index (χ0n) is 10.4. The van der Waals surface area contributed by atoms with E-state index in [9.17, 15) is 8.42 Å². The van der Waals surface area contributed by atoms with Crippen molar-refractivity contribution in [3.63, 3.8) is 0 Å². The molecule has 2 aromatic heterocycles. The van der Waals surface area contributed by atoms with Crippen LogP contribution in [-0.4, -0.2) is 12.8 Å². The Labute approximate surface area is 112 Å². The van der Waals surface area contributed by atoms with Crippen molar-refractivity contribution in [1.82, 2.24) is 4.40 Å². The van der Waals surface area contributed by atoms with Gasteiger partial charge in [-0.2, -0.15) is 0 Å². The van der Waals surface area contributed by atoms with Crippen molar-refractivity contribution in [3.8, 4) is 0 Å². The summed E-state index contributed by atoms with van der Waals surface area (Å²) in [6.07, 6.45) is 3.69. The number of fused-ring (bicyclic) bond motifs is 1. The van der Waals surface area contributed by atoms with Crippen molar-refractivity contribution in [1.29, 1.82) is 0 Å². The maximum Gasteiger partial charge on any atom is 0.208 e. The number of pyridine rings is 1. The minimum atomic E-state index is -3.47. The maximum absolute atomic E-state index is 12.7. The van der Waals surface area contributed by atoms with E-state index in [1.165, 1.54) is 0 Å². The number of aryl methyl sites for hydroxylation is 1. The van der Waals surface area contributed by atoms with Gasteiger partial charge < -0.3 is 4.40 Å². The number of hydrogen-bond acceptors (Lipinski definition) is 2. The Hall–Kier alpha value is -2.07. The third-order valence-electron chi connectivity index (χ3n) is 3.14. The van der Waals surface area contributed by atoms with Crippen molar-refractivity contribution in [2.45, 2.75) is 16.7 Å². The van der Waals surface area contributed by atoms with Crippen LogP contribution < -0.4 is 0 Å². The summed E-state index contributed by atoms with van der Waals surface area (Å²) in [6.45, 7) is 1.82. The lowest BCUT2D eigenvalue weighted by Gasteiger charge is -2.04. The van der Waals surface area contributed by atoms with Gasteiger partial charge in [-0.25, -0.2) is 8.42 Å². The highest BCUT2D eigenvalue weighted by Crippen LogP contribution is 2.28. The third-order valence-corrected chi connectivity index (χ3v) is 5.10. The first-order valence-electron chi connectivity index (χ1n) is 5.97. The number of benzene rings is 1. The molecule has 0 aliphatic carbocycles. The molecule has 2 heterocycles. The van der Waals surface area contributed by atoms with E-state index in [0.29, 0.717) is 15.3 Å². The molecule has 0 spiro atoms. The first-order valence-corrected chi connectivity index (χ1v) is 7.45. The van der Waals surface area contributed by atoms with Gasteiger partial charge in [0, 0.05) is 12.4 Å². The number of aromatic nitrogens is 1. The molecule has 0 fully saturated rings. The molecule has 0 unspecified atom stereocenters. The van der Waals surface area contributed by atoms with Gasteiger partial charge in [-0.3, -0.25) is 0 Å². The lowest BCUT2D eigenvalue weighted by Crippen LogP contribution is -2.02. The normalized spacial score (nSPS) is 11.8. The molecule has 3 rings (SSSR count). The predicted octanol–water partition coefficient (Wildman–Crippen LogP) is 3.08. The Kier molecular flexibility index (Phi) is 2.68.